The fraction of sp³-hybridized carbons (Fsp3) is 0.889. The first-order valence-corrected chi connectivity index (χ1v) is 5.52. The maximum absolute atomic E-state index is 10.8. The lowest BCUT2D eigenvalue weighted by atomic mass is 10.2. The van der Waals surface area contributed by atoms with Gasteiger partial charge in [-0.25, -0.2) is 0 Å². The van der Waals surface area contributed by atoms with E-state index in [9.17, 15) is 4.79 Å². The van der Waals surface area contributed by atoms with E-state index in [1.165, 1.54) is 0 Å². The summed E-state index contributed by atoms with van der Waals surface area (Å²) in [5.74, 6) is 0.207. The highest BCUT2D eigenvalue weighted by Gasteiger charge is 2.02. The molecule has 0 aromatic carbocycles. The molecule has 0 aromatic heterocycles. The van der Waals surface area contributed by atoms with Crippen molar-refractivity contribution in [3.8, 4) is 0 Å². The predicted molar refractivity (Wildman–Crippen MR) is 53.7 cm³/mol. The lowest BCUT2D eigenvalue weighted by Gasteiger charge is -2.10. The molecule has 0 saturated heterocycles. The minimum atomic E-state index is 0.207. The van der Waals surface area contributed by atoms with Gasteiger partial charge in [-0.2, -0.15) is 0 Å². The molecule has 0 heterocycles. The molecular weight excluding hydrogens is 220 g/mol. The summed E-state index contributed by atoms with van der Waals surface area (Å²) in [5, 5.41) is 0.443. The number of hydrogen-bond acceptors (Lipinski definition) is 2. The van der Waals surface area contributed by atoms with E-state index in [4.69, 9.17) is 4.74 Å². The minimum absolute atomic E-state index is 0.207. The number of carbonyl (C=O) groups excluding carboxylic acids is 1. The molecule has 1 atom stereocenters. The van der Waals surface area contributed by atoms with E-state index >= 15 is 0 Å². The third-order valence-electron chi connectivity index (χ3n) is 1.63. The zero-order chi connectivity index (χ0) is 9.40. The average molecular weight is 237 g/mol. The number of ether oxygens (including phenoxy) is 1. The number of halogens is 1. The number of carbonyl (C=O) groups is 1. The van der Waals surface area contributed by atoms with Gasteiger partial charge in [-0.05, 0) is 13.3 Å². The quantitative estimate of drug-likeness (QED) is 0.636. The van der Waals surface area contributed by atoms with Crippen molar-refractivity contribution in [2.45, 2.75) is 39.2 Å². The van der Waals surface area contributed by atoms with Crippen LogP contribution in [0.1, 0.15) is 33.1 Å². The van der Waals surface area contributed by atoms with Crippen LogP contribution < -0.4 is 0 Å². The zero-order valence-electron chi connectivity index (χ0n) is 7.81. The predicted octanol–water partition coefficient (Wildman–Crippen LogP) is 2.55. The number of rotatable bonds is 7. The van der Waals surface area contributed by atoms with Gasteiger partial charge in [-0.15, -0.1) is 0 Å². The van der Waals surface area contributed by atoms with Gasteiger partial charge in [0, 0.05) is 6.42 Å². The SMILES string of the molecule is CCCC(C)OCCC(=O)CBr. The van der Waals surface area contributed by atoms with Crippen molar-refractivity contribution in [1.82, 2.24) is 0 Å². The van der Waals surface area contributed by atoms with Gasteiger partial charge in [-0.1, -0.05) is 29.3 Å². The highest BCUT2D eigenvalue weighted by Crippen LogP contribution is 2.01. The molecule has 0 N–H and O–H groups in total. The molecule has 0 aliphatic heterocycles. The van der Waals surface area contributed by atoms with Gasteiger partial charge in [0.25, 0.3) is 0 Å². The Hall–Kier alpha value is 0.110. The van der Waals surface area contributed by atoms with Crippen molar-refractivity contribution in [2.75, 3.05) is 11.9 Å². The molecular formula is C9H17BrO2. The van der Waals surface area contributed by atoms with Gasteiger partial charge in [0.1, 0.15) is 5.78 Å². The average Bonchev–Trinajstić information content (AvgIpc) is 2.04. The van der Waals surface area contributed by atoms with E-state index in [2.05, 4.69) is 22.9 Å². The van der Waals surface area contributed by atoms with Crippen molar-refractivity contribution in [2.24, 2.45) is 0 Å². The lowest BCUT2D eigenvalue weighted by molar-refractivity contribution is -0.117. The van der Waals surface area contributed by atoms with Crippen LogP contribution in [0.3, 0.4) is 0 Å². The maximum Gasteiger partial charge on any atom is 0.145 e. The first-order valence-electron chi connectivity index (χ1n) is 4.40. The summed E-state index contributed by atoms with van der Waals surface area (Å²) < 4.78 is 5.41. The van der Waals surface area contributed by atoms with Crippen LogP contribution in [0.15, 0.2) is 0 Å². The van der Waals surface area contributed by atoms with Crippen molar-refractivity contribution >= 4 is 21.7 Å². The summed E-state index contributed by atoms with van der Waals surface area (Å²) in [6, 6.07) is 0. The summed E-state index contributed by atoms with van der Waals surface area (Å²) in [4.78, 5) is 10.8. The fourth-order valence-electron chi connectivity index (χ4n) is 0.931. The molecule has 0 aliphatic rings. The Kier molecular flexibility index (Phi) is 7.81. The molecule has 3 heteroatoms. The van der Waals surface area contributed by atoms with Gasteiger partial charge >= 0.3 is 0 Å². The summed E-state index contributed by atoms with van der Waals surface area (Å²) in [5.41, 5.74) is 0. The number of alkyl halides is 1. The van der Waals surface area contributed by atoms with E-state index < -0.39 is 0 Å². The second-order valence-electron chi connectivity index (χ2n) is 2.89. The summed E-state index contributed by atoms with van der Waals surface area (Å²) >= 11 is 3.11. The number of hydrogen-bond donors (Lipinski definition) is 0. The second-order valence-corrected chi connectivity index (χ2v) is 3.45. The van der Waals surface area contributed by atoms with Gasteiger partial charge in [0.2, 0.25) is 0 Å². The molecule has 2 nitrogen and oxygen atoms in total. The van der Waals surface area contributed by atoms with Crippen LogP contribution in [0.2, 0.25) is 0 Å². The Balaban J connectivity index is 3.24. The van der Waals surface area contributed by atoms with E-state index in [1.54, 1.807) is 0 Å². The number of Topliss-reactive ketones (excluding diaryl/α,β-unsaturated/α-hetero) is 1. The van der Waals surface area contributed by atoms with Gasteiger partial charge in [0.05, 0.1) is 18.0 Å². The van der Waals surface area contributed by atoms with Crippen molar-refractivity contribution in [1.29, 1.82) is 0 Å². The first-order chi connectivity index (χ1) is 5.70. The summed E-state index contributed by atoms with van der Waals surface area (Å²) in [7, 11) is 0. The van der Waals surface area contributed by atoms with Gasteiger partial charge in [-0.3, -0.25) is 4.79 Å². The van der Waals surface area contributed by atoms with Crippen LogP contribution >= 0.6 is 15.9 Å². The van der Waals surface area contributed by atoms with Crippen LogP contribution in [0.25, 0.3) is 0 Å². The molecule has 0 saturated carbocycles. The normalized spacial score (nSPS) is 12.9. The second kappa shape index (κ2) is 7.74. The van der Waals surface area contributed by atoms with Crippen molar-refractivity contribution < 1.29 is 9.53 Å². The van der Waals surface area contributed by atoms with Crippen LogP contribution in [0.5, 0.6) is 0 Å². The van der Waals surface area contributed by atoms with Crippen molar-refractivity contribution in [3.05, 3.63) is 0 Å². The summed E-state index contributed by atoms with van der Waals surface area (Å²) in [6.45, 7) is 4.73. The third kappa shape index (κ3) is 6.80. The number of ketones is 1. The van der Waals surface area contributed by atoms with Gasteiger partial charge < -0.3 is 4.74 Å². The molecule has 1 unspecified atom stereocenters. The molecule has 72 valence electrons. The first kappa shape index (κ1) is 12.1. The van der Waals surface area contributed by atoms with Crippen LogP contribution in [-0.4, -0.2) is 23.8 Å². The molecule has 0 radical (unpaired) electrons. The van der Waals surface area contributed by atoms with E-state index in [0.29, 0.717) is 18.4 Å². The molecule has 0 aliphatic carbocycles. The Morgan fingerprint density at radius 1 is 1.58 bits per heavy atom. The Labute approximate surface area is 82.8 Å². The molecule has 0 bridgehead atoms. The van der Waals surface area contributed by atoms with Crippen molar-refractivity contribution in [3.63, 3.8) is 0 Å². The zero-order valence-corrected chi connectivity index (χ0v) is 9.39. The van der Waals surface area contributed by atoms with Crippen LogP contribution in [0, 0.1) is 0 Å². The standard InChI is InChI=1S/C9H17BrO2/c1-3-4-8(2)12-6-5-9(11)7-10/h8H,3-7H2,1-2H3. The molecule has 0 amide bonds. The fourth-order valence-corrected chi connectivity index (χ4v) is 1.21. The maximum atomic E-state index is 10.8. The molecule has 0 rings (SSSR count). The molecule has 0 aromatic rings. The molecule has 0 fully saturated rings. The smallest absolute Gasteiger partial charge is 0.145 e. The van der Waals surface area contributed by atoms with Gasteiger partial charge in [0.15, 0.2) is 0 Å². The Morgan fingerprint density at radius 2 is 2.25 bits per heavy atom. The highest BCUT2D eigenvalue weighted by atomic mass is 79.9. The Bertz CT molecular complexity index is 126. The van der Waals surface area contributed by atoms with Crippen LogP contribution in [0.4, 0.5) is 0 Å². The monoisotopic (exact) mass is 236 g/mol. The Morgan fingerprint density at radius 3 is 2.75 bits per heavy atom. The van der Waals surface area contributed by atoms with E-state index in [0.717, 1.165) is 12.8 Å². The minimum Gasteiger partial charge on any atom is -0.378 e. The highest BCUT2D eigenvalue weighted by molar-refractivity contribution is 9.09. The lowest BCUT2D eigenvalue weighted by Crippen LogP contribution is -2.12. The van der Waals surface area contributed by atoms with E-state index in [1.807, 2.05) is 6.92 Å². The van der Waals surface area contributed by atoms with E-state index in [-0.39, 0.29) is 11.9 Å². The topological polar surface area (TPSA) is 26.3 Å². The molecule has 12 heavy (non-hydrogen) atoms. The summed E-state index contributed by atoms with van der Waals surface area (Å²) in [6.07, 6.45) is 3.02. The largest absolute Gasteiger partial charge is 0.378 e. The molecule has 0 spiro atoms. The van der Waals surface area contributed by atoms with Crippen LogP contribution in [-0.2, 0) is 9.53 Å². The third-order valence-corrected chi connectivity index (χ3v) is 2.25.